The topological polar surface area (TPSA) is 117 Å². The first-order valence-corrected chi connectivity index (χ1v) is 20.5. The summed E-state index contributed by atoms with van der Waals surface area (Å²) in [7, 11) is 2.48. The normalized spacial score (nSPS) is 14.7. The lowest BCUT2D eigenvalue weighted by Gasteiger charge is -2.24. The van der Waals surface area contributed by atoms with Crippen molar-refractivity contribution < 1.29 is 37.3 Å². The van der Waals surface area contributed by atoms with Gasteiger partial charge in [-0.25, -0.2) is 9.36 Å². The molecule has 0 radical (unpaired) electrons. The van der Waals surface area contributed by atoms with Crippen LogP contribution in [0.3, 0.4) is 0 Å². The van der Waals surface area contributed by atoms with Gasteiger partial charge in [-0.1, -0.05) is 142 Å². The molecule has 0 saturated carbocycles. The standard InChI is InChI=1S/C36H75N2O7P/c1-6-7-8-9-10-11-12-13-14-15-16-17-19-22-25-28-31-42-35(45-36(37)39)34(2)33-44-46(40,41)43-32-29-26-23-20-18-21-24-27-30-38(3,4)5/h34-35H,6-33H2,1-5H3,(H2-,37,39,40,41)/p+1. The van der Waals surface area contributed by atoms with E-state index >= 15 is 0 Å². The molecule has 0 fully saturated rings. The average Bonchev–Trinajstić information content (AvgIpc) is 2.98. The molecule has 0 heterocycles. The summed E-state index contributed by atoms with van der Waals surface area (Å²) in [5, 5.41) is 0. The number of phosphoric ester groups is 1. The minimum atomic E-state index is -4.20. The fourth-order valence-electron chi connectivity index (χ4n) is 5.53. The number of nitrogens with two attached hydrogens (primary N) is 1. The number of carbonyl (C=O) groups excluding carboxylic acids is 1. The molecule has 3 atom stereocenters. The van der Waals surface area contributed by atoms with Crippen molar-refractivity contribution in [3.63, 3.8) is 0 Å². The molecular weight excluding hydrogens is 603 g/mol. The van der Waals surface area contributed by atoms with Crippen molar-refractivity contribution in [2.45, 2.75) is 174 Å². The summed E-state index contributed by atoms with van der Waals surface area (Å²) in [5.74, 6) is -0.486. The van der Waals surface area contributed by atoms with Gasteiger partial charge in [-0.2, -0.15) is 0 Å². The van der Waals surface area contributed by atoms with Crippen LogP contribution in [0.25, 0.3) is 0 Å². The number of unbranched alkanes of at least 4 members (excludes halogenated alkanes) is 22. The van der Waals surface area contributed by atoms with E-state index in [0.717, 1.165) is 36.6 Å². The van der Waals surface area contributed by atoms with E-state index in [0.29, 0.717) is 13.0 Å². The summed E-state index contributed by atoms with van der Waals surface area (Å²) in [6.45, 7) is 5.64. The highest BCUT2D eigenvalue weighted by Gasteiger charge is 2.27. The van der Waals surface area contributed by atoms with E-state index in [-0.39, 0.29) is 13.2 Å². The van der Waals surface area contributed by atoms with Crippen LogP contribution in [0, 0.1) is 5.92 Å². The van der Waals surface area contributed by atoms with E-state index in [4.69, 9.17) is 24.3 Å². The molecular formula is C36H76N2O7P+. The molecule has 0 aliphatic heterocycles. The molecule has 0 bridgehead atoms. The molecule has 3 N–H and O–H groups in total. The summed E-state index contributed by atoms with van der Waals surface area (Å²) in [5.41, 5.74) is 5.23. The van der Waals surface area contributed by atoms with Crippen molar-refractivity contribution >= 4 is 13.9 Å². The average molecular weight is 680 g/mol. The Morgan fingerprint density at radius 3 is 1.46 bits per heavy atom. The molecule has 0 spiro atoms. The van der Waals surface area contributed by atoms with Crippen LogP contribution >= 0.6 is 7.82 Å². The van der Waals surface area contributed by atoms with Crippen molar-refractivity contribution in [1.82, 2.24) is 0 Å². The predicted molar refractivity (Wildman–Crippen MR) is 191 cm³/mol. The van der Waals surface area contributed by atoms with Crippen LogP contribution in [0.1, 0.15) is 168 Å². The molecule has 9 nitrogen and oxygen atoms in total. The number of phosphoric acid groups is 1. The summed E-state index contributed by atoms with van der Waals surface area (Å²) in [6, 6.07) is 0. The van der Waals surface area contributed by atoms with E-state index in [1.165, 1.54) is 122 Å². The number of nitrogens with zero attached hydrogens (tertiary/aromatic N) is 1. The highest BCUT2D eigenvalue weighted by molar-refractivity contribution is 7.47. The van der Waals surface area contributed by atoms with Crippen LogP contribution in [0.4, 0.5) is 4.79 Å². The Labute approximate surface area is 284 Å². The van der Waals surface area contributed by atoms with Gasteiger partial charge in [0.2, 0.25) is 6.29 Å². The molecule has 0 saturated heterocycles. The molecule has 0 aromatic heterocycles. The highest BCUT2D eigenvalue weighted by Crippen LogP contribution is 2.44. The summed E-state index contributed by atoms with van der Waals surface area (Å²) >= 11 is 0. The van der Waals surface area contributed by atoms with Gasteiger partial charge >= 0.3 is 13.9 Å². The van der Waals surface area contributed by atoms with E-state index in [1.807, 2.05) is 0 Å². The lowest BCUT2D eigenvalue weighted by Crippen LogP contribution is -2.35. The van der Waals surface area contributed by atoms with E-state index < -0.39 is 26.1 Å². The number of primary amides is 1. The zero-order chi connectivity index (χ0) is 34.4. The minimum absolute atomic E-state index is 0.154. The molecule has 0 aromatic rings. The molecule has 1 amide bonds. The third-order valence-corrected chi connectivity index (χ3v) is 9.44. The Bertz CT molecular complexity index is 736. The van der Waals surface area contributed by atoms with Gasteiger partial charge in [-0.15, -0.1) is 0 Å². The smallest absolute Gasteiger partial charge is 0.419 e. The van der Waals surface area contributed by atoms with Crippen molar-refractivity contribution in [2.75, 3.05) is 47.5 Å². The van der Waals surface area contributed by atoms with Crippen molar-refractivity contribution in [3.8, 4) is 0 Å². The fraction of sp³-hybridized carbons (Fsp3) is 0.972. The Kier molecular flexibility index (Phi) is 29.9. The first-order valence-electron chi connectivity index (χ1n) is 19.0. The second-order valence-electron chi connectivity index (χ2n) is 14.4. The van der Waals surface area contributed by atoms with Gasteiger partial charge in [0.05, 0.1) is 47.5 Å². The molecule has 276 valence electrons. The van der Waals surface area contributed by atoms with Crippen LogP contribution in [-0.4, -0.2) is 69.3 Å². The molecule has 0 aliphatic carbocycles. The van der Waals surface area contributed by atoms with E-state index in [1.54, 1.807) is 6.92 Å². The monoisotopic (exact) mass is 680 g/mol. The van der Waals surface area contributed by atoms with Crippen LogP contribution in [-0.2, 0) is 23.1 Å². The van der Waals surface area contributed by atoms with Crippen LogP contribution in [0.15, 0.2) is 0 Å². The Morgan fingerprint density at radius 1 is 0.652 bits per heavy atom. The van der Waals surface area contributed by atoms with Gasteiger partial charge < -0.3 is 24.6 Å². The number of hydrogen-bond acceptors (Lipinski definition) is 6. The van der Waals surface area contributed by atoms with Crippen molar-refractivity contribution in [2.24, 2.45) is 11.7 Å². The SMILES string of the molecule is CCCCCCCCCCCCCCCCCCOC(OC(N)=O)C(C)COP(=O)(O)OCCCCCCCCCC[N+](C)(C)C. The van der Waals surface area contributed by atoms with Gasteiger partial charge in [0.25, 0.3) is 0 Å². The third-order valence-electron chi connectivity index (χ3n) is 8.46. The molecule has 0 aliphatic rings. The number of carbonyl (C=O) groups is 1. The number of ether oxygens (including phenoxy) is 2. The first kappa shape index (κ1) is 45.3. The number of rotatable bonds is 35. The highest BCUT2D eigenvalue weighted by atomic mass is 31.2. The maximum absolute atomic E-state index is 12.3. The molecule has 3 unspecified atom stereocenters. The maximum atomic E-state index is 12.3. The lowest BCUT2D eigenvalue weighted by atomic mass is 10.0. The molecule has 10 heteroatoms. The molecule has 0 rings (SSSR count). The number of quaternary nitrogens is 1. The predicted octanol–water partition coefficient (Wildman–Crippen LogP) is 10.3. The van der Waals surface area contributed by atoms with Gasteiger partial charge in [0.1, 0.15) is 0 Å². The van der Waals surface area contributed by atoms with Gasteiger partial charge in [-0.05, 0) is 25.7 Å². The second-order valence-corrected chi connectivity index (χ2v) is 15.9. The van der Waals surface area contributed by atoms with Gasteiger partial charge in [-0.3, -0.25) is 9.05 Å². The van der Waals surface area contributed by atoms with Crippen LogP contribution in [0.2, 0.25) is 0 Å². The summed E-state index contributed by atoms with van der Waals surface area (Å²) in [4.78, 5) is 21.5. The summed E-state index contributed by atoms with van der Waals surface area (Å²) in [6.07, 6.45) is 27.8. The summed E-state index contributed by atoms with van der Waals surface area (Å²) < 4.78 is 34.5. The van der Waals surface area contributed by atoms with Gasteiger partial charge in [0, 0.05) is 5.92 Å². The fourth-order valence-corrected chi connectivity index (χ4v) is 6.39. The maximum Gasteiger partial charge on any atom is 0.472 e. The van der Waals surface area contributed by atoms with Crippen LogP contribution in [0.5, 0.6) is 0 Å². The zero-order valence-corrected chi connectivity index (χ0v) is 31.7. The van der Waals surface area contributed by atoms with Gasteiger partial charge in [0.15, 0.2) is 0 Å². The molecule has 46 heavy (non-hydrogen) atoms. The number of amides is 1. The Hall–Kier alpha value is -0.700. The minimum Gasteiger partial charge on any atom is -0.419 e. The van der Waals surface area contributed by atoms with Crippen LogP contribution < -0.4 is 5.73 Å². The lowest BCUT2D eigenvalue weighted by molar-refractivity contribution is -0.870. The number of hydrogen-bond donors (Lipinski definition) is 2. The Morgan fingerprint density at radius 2 is 1.04 bits per heavy atom. The third kappa shape index (κ3) is 33.2. The second kappa shape index (κ2) is 30.4. The zero-order valence-electron chi connectivity index (χ0n) is 30.8. The van der Waals surface area contributed by atoms with Crippen molar-refractivity contribution in [1.29, 1.82) is 0 Å². The largest absolute Gasteiger partial charge is 0.472 e. The van der Waals surface area contributed by atoms with E-state index in [9.17, 15) is 14.3 Å². The van der Waals surface area contributed by atoms with Crippen molar-refractivity contribution in [3.05, 3.63) is 0 Å². The quantitative estimate of drug-likeness (QED) is 0.0296. The van der Waals surface area contributed by atoms with E-state index in [2.05, 4.69) is 28.1 Å². The molecule has 0 aromatic carbocycles. The Balaban J connectivity index is 3.86. The first-order chi connectivity index (χ1) is 22.0.